The lowest BCUT2D eigenvalue weighted by Crippen LogP contribution is -2.24. The minimum atomic E-state index is 0.388. The highest BCUT2D eigenvalue weighted by Crippen LogP contribution is 2.30. The fourth-order valence-electron chi connectivity index (χ4n) is 2.38. The number of guanidine groups is 1. The quantitative estimate of drug-likeness (QED) is 0.395. The standard InChI is InChI=1S/C20H27N3O2S/c1-15(14-26-19-11-7-6-10-18(19)25-3)12-22-20(21)23-17-9-5-4-8-16(17)13-24-2/h4-11,15H,12-14H2,1-3H3,(H3,21,22,23). The Morgan fingerprint density at radius 3 is 2.65 bits per heavy atom. The van der Waals surface area contributed by atoms with Gasteiger partial charge in [0.05, 0.1) is 13.7 Å². The summed E-state index contributed by atoms with van der Waals surface area (Å²) in [5.41, 5.74) is 8.02. The lowest BCUT2D eigenvalue weighted by atomic mass is 10.2. The van der Waals surface area contributed by atoms with Crippen LogP contribution in [-0.4, -0.2) is 32.5 Å². The summed E-state index contributed by atoms with van der Waals surface area (Å²) in [7, 11) is 3.37. The number of methoxy groups -OCH3 is 2. The molecule has 6 heteroatoms. The van der Waals surface area contributed by atoms with Gasteiger partial charge in [-0.25, -0.2) is 0 Å². The van der Waals surface area contributed by atoms with E-state index in [4.69, 9.17) is 15.2 Å². The van der Waals surface area contributed by atoms with Crippen LogP contribution in [0.2, 0.25) is 0 Å². The monoisotopic (exact) mass is 373 g/mol. The van der Waals surface area contributed by atoms with Gasteiger partial charge in [-0.1, -0.05) is 37.3 Å². The number of hydrogen-bond acceptors (Lipinski definition) is 4. The molecule has 1 atom stereocenters. The number of nitrogens with two attached hydrogens (primary N) is 1. The molecule has 0 aliphatic carbocycles. The topological polar surface area (TPSA) is 68.9 Å². The number of thioether (sulfide) groups is 1. The van der Waals surface area contributed by atoms with E-state index in [0.29, 0.717) is 25.0 Å². The van der Waals surface area contributed by atoms with Crippen LogP contribution >= 0.6 is 11.8 Å². The molecular weight excluding hydrogens is 346 g/mol. The summed E-state index contributed by atoms with van der Waals surface area (Å²) in [6.07, 6.45) is 0. The first kappa shape index (κ1) is 20.1. The van der Waals surface area contributed by atoms with E-state index < -0.39 is 0 Å². The third kappa shape index (κ3) is 6.28. The van der Waals surface area contributed by atoms with Gasteiger partial charge in [0, 0.05) is 35.6 Å². The first-order chi connectivity index (χ1) is 12.6. The molecule has 2 aromatic carbocycles. The van der Waals surface area contributed by atoms with Gasteiger partial charge in [0.1, 0.15) is 5.75 Å². The zero-order valence-electron chi connectivity index (χ0n) is 15.6. The highest BCUT2D eigenvalue weighted by Gasteiger charge is 2.07. The van der Waals surface area contributed by atoms with Gasteiger partial charge in [-0.05, 0) is 24.1 Å². The fraction of sp³-hybridized carbons (Fsp3) is 0.350. The van der Waals surface area contributed by atoms with Crippen LogP contribution < -0.4 is 15.8 Å². The zero-order valence-corrected chi connectivity index (χ0v) is 16.4. The molecule has 5 nitrogen and oxygen atoms in total. The van der Waals surface area contributed by atoms with Crippen LogP contribution in [-0.2, 0) is 11.3 Å². The summed E-state index contributed by atoms with van der Waals surface area (Å²) in [4.78, 5) is 5.62. The van der Waals surface area contributed by atoms with Crippen molar-refractivity contribution in [2.45, 2.75) is 18.4 Å². The average Bonchev–Trinajstić information content (AvgIpc) is 2.66. The van der Waals surface area contributed by atoms with Gasteiger partial charge in [0.25, 0.3) is 0 Å². The highest BCUT2D eigenvalue weighted by atomic mass is 32.2. The maximum atomic E-state index is 6.04. The van der Waals surface area contributed by atoms with Crippen LogP contribution in [0.25, 0.3) is 0 Å². The fourth-order valence-corrected chi connectivity index (χ4v) is 3.42. The van der Waals surface area contributed by atoms with Crippen LogP contribution in [0.4, 0.5) is 5.69 Å². The lowest BCUT2D eigenvalue weighted by molar-refractivity contribution is 0.185. The molecule has 0 aliphatic heterocycles. The maximum absolute atomic E-state index is 6.04. The Labute approximate surface area is 160 Å². The van der Waals surface area contributed by atoms with E-state index in [2.05, 4.69) is 23.3 Å². The molecule has 3 N–H and O–H groups in total. The van der Waals surface area contributed by atoms with Crippen molar-refractivity contribution >= 4 is 23.4 Å². The number of aliphatic imine (C=N–C) groups is 1. The number of ether oxygens (including phenoxy) is 2. The molecule has 0 bridgehead atoms. The third-order valence-corrected chi connectivity index (χ3v) is 5.13. The first-order valence-electron chi connectivity index (χ1n) is 8.53. The number of nitrogens with zero attached hydrogens (tertiary/aromatic N) is 1. The van der Waals surface area contributed by atoms with Crippen LogP contribution in [0, 0.1) is 5.92 Å². The Balaban J connectivity index is 1.86. The summed E-state index contributed by atoms with van der Waals surface area (Å²) in [6, 6.07) is 16.0. The molecule has 140 valence electrons. The van der Waals surface area contributed by atoms with Gasteiger partial charge in [-0.2, -0.15) is 0 Å². The van der Waals surface area contributed by atoms with Gasteiger partial charge in [0.2, 0.25) is 0 Å². The molecule has 1 unspecified atom stereocenters. The van der Waals surface area contributed by atoms with Crippen molar-refractivity contribution in [3.63, 3.8) is 0 Å². The molecule has 0 amide bonds. The van der Waals surface area contributed by atoms with Crippen molar-refractivity contribution in [3.05, 3.63) is 54.1 Å². The van der Waals surface area contributed by atoms with E-state index in [1.165, 1.54) is 0 Å². The first-order valence-corrected chi connectivity index (χ1v) is 9.52. The molecule has 2 rings (SSSR count). The largest absolute Gasteiger partial charge is 0.496 e. The molecule has 2 aromatic rings. The van der Waals surface area contributed by atoms with Gasteiger partial charge < -0.3 is 20.5 Å². The minimum Gasteiger partial charge on any atom is -0.496 e. The second-order valence-electron chi connectivity index (χ2n) is 6.01. The normalized spacial score (nSPS) is 12.7. The van der Waals surface area contributed by atoms with E-state index in [9.17, 15) is 0 Å². The van der Waals surface area contributed by atoms with E-state index in [0.717, 1.165) is 27.6 Å². The summed E-state index contributed by atoms with van der Waals surface area (Å²) < 4.78 is 10.6. The van der Waals surface area contributed by atoms with E-state index in [-0.39, 0.29) is 0 Å². The lowest BCUT2D eigenvalue weighted by Gasteiger charge is -2.13. The van der Waals surface area contributed by atoms with Crippen molar-refractivity contribution in [2.75, 3.05) is 31.8 Å². The van der Waals surface area contributed by atoms with Gasteiger partial charge >= 0.3 is 0 Å². The van der Waals surface area contributed by atoms with E-state index >= 15 is 0 Å². The Kier molecular flexibility index (Phi) is 8.31. The average molecular weight is 374 g/mol. The van der Waals surface area contributed by atoms with E-state index in [1.807, 2.05) is 42.5 Å². The zero-order chi connectivity index (χ0) is 18.8. The summed E-state index contributed by atoms with van der Waals surface area (Å²) in [5.74, 6) is 2.66. The van der Waals surface area contributed by atoms with Gasteiger partial charge in [-0.15, -0.1) is 11.8 Å². The van der Waals surface area contributed by atoms with Crippen molar-refractivity contribution in [1.82, 2.24) is 0 Å². The Morgan fingerprint density at radius 1 is 1.15 bits per heavy atom. The van der Waals surface area contributed by atoms with Crippen molar-refractivity contribution < 1.29 is 9.47 Å². The van der Waals surface area contributed by atoms with Crippen molar-refractivity contribution in [1.29, 1.82) is 0 Å². The maximum Gasteiger partial charge on any atom is 0.193 e. The Hall–Kier alpha value is -2.18. The predicted octanol–water partition coefficient (Wildman–Crippen LogP) is 4.00. The number of benzene rings is 2. The predicted molar refractivity (Wildman–Crippen MR) is 110 cm³/mol. The summed E-state index contributed by atoms with van der Waals surface area (Å²) >= 11 is 1.77. The number of para-hydroxylation sites is 2. The molecular formula is C20H27N3O2S. The Morgan fingerprint density at radius 2 is 1.88 bits per heavy atom. The summed E-state index contributed by atoms with van der Waals surface area (Å²) in [5, 5.41) is 3.16. The third-order valence-electron chi connectivity index (χ3n) is 3.75. The van der Waals surface area contributed by atoms with E-state index in [1.54, 1.807) is 26.0 Å². The molecule has 0 spiro atoms. The van der Waals surface area contributed by atoms with Crippen LogP contribution in [0.15, 0.2) is 58.4 Å². The molecule has 0 fully saturated rings. The van der Waals surface area contributed by atoms with Gasteiger partial charge in [0.15, 0.2) is 5.96 Å². The Bertz CT molecular complexity index is 722. The van der Waals surface area contributed by atoms with Crippen LogP contribution in [0.3, 0.4) is 0 Å². The number of nitrogens with one attached hydrogen (secondary N) is 1. The smallest absolute Gasteiger partial charge is 0.193 e. The van der Waals surface area contributed by atoms with Crippen LogP contribution in [0.1, 0.15) is 12.5 Å². The molecule has 0 radical (unpaired) electrons. The number of anilines is 1. The molecule has 0 saturated carbocycles. The molecule has 26 heavy (non-hydrogen) atoms. The highest BCUT2D eigenvalue weighted by molar-refractivity contribution is 7.99. The second kappa shape index (κ2) is 10.7. The van der Waals surface area contributed by atoms with Crippen LogP contribution in [0.5, 0.6) is 5.75 Å². The number of rotatable bonds is 9. The number of hydrogen-bond donors (Lipinski definition) is 2. The van der Waals surface area contributed by atoms with Crippen molar-refractivity contribution in [2.24, 2.45) is 16.6 Å². The van der Waals surface area contributed by atoms with Crippen molar-refractivity contribution in [3.8, 4) is 5.75 Å². The molecule has 0 aliphatic rings. The minimum absolute atomic E-state index is 0.388. The second-order valence-corrected chi connectivity index (χ2v) is 7.07. The molecule has 0 saturated heterocycles. The SMILES string of the molecule is COCc1ccccc1NC(N)=NCC(C)CSc1ccccc1OC. The van der Waals surface area contributed by atoms with Gasteiger partial charge in [-0.3, -0.25) is 4.99 Å². The summed E-state index contributed by atoms with van der Waals surface area (Å²) in [6.45, 7) is 3.36. The molecule has 0 heterocycles. The molecule has 0 aromatic heterocycles.